The zero-order valence-electron chi connectivity index (χ0n) is 15.2. The first kappa shape index (κ1) is 17.4. The number of rotatable bonds is 2. The highest BCUT2D eigenvalue weighted by atomic mass is 16.6. The SMILES string of the molecule is COc1cc2c(C3CCN(C(=O)OC(C)(C)C)CC3)ncnc2cn1. The number of carbonyl (C=O) groups excluding carboxylic acids is 1. The van der Waals surface area contributed by atoms with Crippen molar-refractivity contribution in [1.82, 2.24) is 19.9 Å². The lowest BCUT2D eigenvalue weighted by atomic mass is 9.91. The number of aromatic nitrogens is 3. The molecule has 3 rings (SSSR count). The molecular formula is C18H24N4O3. The minimum absolute atomic E-state index is 0.246. The van der Waals surface area contributed by atoms with Gasteiger partial charge in [0.1, 0.15) is 11.9 Å². The minimum atomic E-state index is -0.472. The van der Waals surface area contributed by atoms with E-state index >= 15 is 0 Å². The van der Waals surface area contributed by atoms with Crippen LogP contribution in [0.25, 0.3) is 10.9 Å². The Kier molecular flexibility index (Phi) is 4.74. The number of methoxy groups -OCH3 is 1. The normalized spacial score (nSPS) is 16.1. The third-order valence-electron chi connectivity index (χ3n) is 4.27. The smallest absolute Gasteiger partial charge is 0.410 e. The van der Waals surface area contributed by atoms with E-state index in [1.807, 2.05) is 26.8 Å². The number of hydrogen-bond donors (Lipinski definition) is 0. The van der Waals surface area contributed by atoms with Gasteiger partial charge in [0.2, 0.25) is 5.88 Å². The molecule has 0 bridgehead atoms. The molecule has 3 heterocycles. The molecule has 1 aliphatic rings. The van der Waals surface area contributed by atoms with E-state index in [0.29, 0.717) is 19.0 Å². The second-order valence-electron chi connectivity index (χ2n) is 7.24. The number of pyridine rings is 1. The number of hydrogen-bond acceptors (Lipinski definition) is 6. The lowest BCUT2D eigenvalue weighted by Crippen LogP contribution is -2.41. The fraction of sp³-hybridized carbons (Fsp3) is 0.556. The molecule has 1 fully saturated rings. The van der Waals surface area contributed by atoms with Gasteiger partial charge in [0, 0.05) is 30.5 Å². The highest BCUT2D eigenvalue weighted by Crippen LogP contribution is 2.32. The molecule has 0 atom stereocenters. The van der Waals surface area contributed by atoms with Crippen molar-refractivity contribution in [2.24, 2.45) is 0 Å². The fourth-order valence-corrected chi connectivity index (χ4v) is 3.06. The van der Waals surface area contributed by atoms with Gasteiger partial charge in [-0.1, -0.05) is 0 Å². The highest BCUT2D eigenvalue weighted by molar-refractivity contribution is 5.81. The van der Waals surface area contributed by atoms with Crippen LogP contribution in [0.5, 0.6) is 5.88 Å². The highest BCUT2D eigenvalue weighted by Gasteiger charge is 2.28. The summed E-state index contributed by atoms with van der Waals surface area (Å²) in [6.07, 6.45) is 4.72. The zero-order chi connectivity index (χ0) is 18.0. The average Bonchev–Trinajstić information content (AvgIpc) is 2.59. The number of fused-ring (bicyclic) bond motifs is 1. The van der Waals surface area contributed by atoms with Crippen LogP contribution in [0, 0.1) is 0 Å². The Bertz CT molecular complexity index is 764. The number of carbonyl (C=O) groups is 1. The maximum absolute atomic E-state index is 12.2. The number of ether oxygens (including phenoxy) is 2. The molecule has 0 N–H and O–H groups in total. The van der Waals surface area contributed by atoms with E-state index in [9.17, 15) is 4.79 Å². The summed E-state index contributed by atoms with van der Waals surface area (Å²) in [4.78, 5) is 27.0. The number of nitrogens with zero attached hydrogens (tertiary/aromatic N) is 4. The summed E-state index contributed by atoms with van der Waals surface area (Å²) < 4.78 is 10.7. The lowest BCUT2D eigenvalue weighted by Gasteiger charge is -2.33. The molecule has 7 nitrogen and oxygen atoms in total. The molecule has 2 aromatic rings. The Hall–Kier alpha value is -2.44. The quantitative estimate of drug-likeness (QED) is 0.833. The molecule has 7 heteroatoms. The Morgan fingerprint density at radius 3 is 2.56 bits per heavy atom. The Morgan fingerprint density at radius 2 is 1.92 bits per heavy atom. The second kappa shape index (κ2) is 6.82. The van der Waals surface area contributed by atoms with Crippen molar-refractivity contribution in [3.05, 3.63) is 24.3 Å². The van der Waals surface area contributed by atoms with Crippen LogP contribution >= 0.6 is 0 Å². The molecule has 2 aromatic heterocycles. The van der Waals surface area contributed by atoms with Gasteiger partial charge in [0.15, 0.2) is 0 Å². The molecule has 0 aliphatic carbocycles. The monoisotopic (exact) mass is 344 g/mol. The van der Waals surface area contributed by atoms with Crippen LogP contribution in [0.4, 0.5) is 4.79 Å². The Labute approximate surface area is 147 Å². The summed E-state index contributed by atoms with van der Waals surface area (Å²) in [5, 5.41) is 0.963. The van der Waals surface area contributed by atoms with E-state index in [1.54, 1.807) is 24.5 Å². The molecule has 0 saturated carbocycles. The molecule has 0 radical (unpaired) electrons. The summed E-state index contributed by atoms with van der Waals surface area (Å²) in [5.74, 6) is 0.825. The van der Waals surface area contributed by atoms with Gasteiger partial charge in [-0.3, -0.25) is 0 Å². The summed E-state index contributed by atoms with van der Waals surface area (Å²) in [6, 6.07) is 1.88. The molecule has 0 spiro atoms. The predicted octanol–water partition coefficient (Wildman–Crippen LogP) is 3.15. The topological polar surface area (TPSA) is 77.4 Å². The van der Waals surface area contributed by atoms with Crippen LogP contribution < -0.4 is 4.74 Å². The van der Waals surface area contributed by atoms with Crippen molar-refractivity contribution in [2.45, 2.75) is 45.1 Å². The van der Waals surface area contributed by atoms with Crippen LogP contribution in [-0.4, -0.2) is 51.7 Å². The van der Waals surface area contributed by atoms with E-state index in [0.717, 1.165) is 29.4 Å². The first-order valence-electron chi connectivity index (χ1n) is 8.50. The van der Waals surface area contributed by atoms with E-state index in [2.05, 4.69) is 15.0 Å². The van der Waals surface area contributed by atoms with Crippen LogP contribution in [-0.2, 0) is 4.74 Å². The van der Waals surface area contributed by atoms with Gasteiger partial charge in [-0.15, -0.1) is 0 Å². The van der Waals surface area contributed by atoms with Crippen molar-refractivity contribution in [2.75, 3.05) is 20.2 Å². The average molecular weight is 344 g/mol. The van der Waals surface area contributed by atoms with Crippen molar-refractivity contribution in [3.63, 3.8) is 0 Å². The third kappa shape index (κ3) is 3.97. The molecule has 134 valence electrons. The van der Waals surface area contributed by atoms with E-state index in [4.69, 9.17) is 9.47 Å². The van der Waals surface area contributed by atoms with E-state index < -0.39 is 5.60 Å². The Morgan fingerprint density at radius 1 is 1.20 bits per heavy atom. The number of amides is 1. The lowest BCUT2D eigenvalue weighted by molar-refractivity contribution is 0.0204. The fourth-order valence-electron chi connectivity index (χ4n) is 3.06. The first-order valence-corrected chi connectivity index (χ1v) is 8.50. The first-order chi connectivity index (χ1) is 11.9. The van der Waals surface area contributed by atoms with Gasteiger partial charge in [0.25, 0.3) is 0 Å². The standard InChI is InChI=1S/C18H24N4O3/c1-18(2,3)25-17(23)22-7-5-12(6-8-22)16-13-9-15(24-4)19-10-14(13)20-11-21-16/h9-12H,5-8H2,1-4H3. The summed E-state index contributed by atoms with van der Waals surface area (Å²) in [6.45, 7) is 6.96. The van der Waals surface area contributed by atoms with Gasteiger partial charge in [0.05, 0.1) is 24.5 Å². The minimum Gasteiger partial charge on any atom is -0.481 e. The number of likely N-dealkylation sites (tertiary alicyclic amines) is 1. The van der Waals surface area contributed by atoms with Crippen LogP contribution in [0.2, 0.25) is 0 Å². The summed E-state index contributed by atoms with van der Waals surface area (Å²) in [7, 11) is 1.59. The van der Waals surface area contributed by atoms with Gasteiger partial charge >= 0.3 is 6.09 Å². The Balaban J connectivity index is 1.75. The molecule has 0 unspecified atom stereocenters. The summed E-state index contributed by atoms with van der Waals surface area (Å²) in [5.41, 5.74) is 1.33. The van der Waals surface area contributed by atoms with E-state index in [-0.39, 0.29) is 12.0 Å². The maximum atomic E-state index is 12.2. The molecule has 1 amide bonds. The summed E-state index contributed by atoms with van der Waals surface area (Å²) >= 11 is 0. The second-order valence-corrected chi connectivity index (χ2v) is 7.24. The van der Waals surface area contributed by atoms with Crippen molar-refractivity contribution >= 4 is 17.0 Å². The van der Waals surface area contributed by atoms with Gasteiger partial charge in [-0.25, -0.2) is 19.7 Å². The third-order valence-corrected chi connectivity index (χ3v) is 4.27. The van der Waals surface area contributed by atoms with Crippen LogP contribution in [0.3, 0.4) is 0 Å². The predicted molar refractivity (Wildman–Crippen MR) is 93.7 cm³/mol. The van der Waals surface area contributed by atoms with Gasteiger partial charge in [-0.2, -0.15) is 0 Å². The van der Waals surface area contributed by atoms with Crippen LogP contribution in [0.15, 0.2) is 18.6 Å². The van der Waals surface area contributed by atoms with Gasteiger partial charge < -0.3 is 14.4 Å². The molecule has 25 heavy (non-hydrogen) atoms. The number of piperidine rings is 1. The molecular weight excluding hydrogens is 320 g/mol. The van der Waals surface area contributed by atoms with Crippen molar-refractivity contribution in [1.29, 1.82) is 0 Å². The molecule has 0 aromatic carbocycles. The van der Waals surface area contributed by atoms with Gasteiger partial charge in [-0.05, 0) is 33.6 Å². The van der Waals surface area contributed by atoms with E-state index in [1.165, 1.54) is 0 Å². The van der Waals surface area contributed by atoms with Crippen LogP contribution in [0.1, 0.15) is 45.2 Å². The molecule has 1 aliphatic heterocycles. The molecule has 1 saturated heterocycles. The largest absolute Gasteiger partial charge is 0.481 e. The van der Waals surface area contributed by atoms with Crippen molar-refractivity contribution < 1.29 is 14.3 Å². The van der Waals surface area contributed by atoms with Crippen molar-refractivity contribution in [3.8, 4) is 5.88 Å². The zero-order valence-corrected chi connectivity index (χ0v) is 15.2. The maximum Gasteiger partial charge on any atom is 0.410 e.